The summed E-state index contributed by atoms with van der Waals surface area (Å²) in [5.41, 5.74) is 5.78. The van der Waals surface area contributed by atoms with E-state index in [0.717, 1.165) is 22.2 Å². The number of β-amino-alcohol motifs (C(OH)–C–C–N with tert-alkyl or cyclic N) is 1. The van der Waals surface area contributed by atoms with Crippen molar-refractivity contribution in [3.05, 3.63) is 59.7 Å². The van der Waals surface area contributed by atoms with Crippen LogP contribution >= 0.6 is 0 Å². The zero-order valence-electron chi connectivity index (χ0n) is 16.7. The predicted octanol–water partition coefficient (Wildman–Crippen LogP) is 2.62. The fourth-order valence-electron chi connectivity index (χ4n) is 4.40. The standard InChI is InChI=1S/C24H25N3O3/c28-19-13-25-24(30)23(19)26-20(29)12-11-18-17-8-4-7-16(14-9-10-14)22(17)27-21(18)15-5-2-1-3-6-15/h1-8,14,19,23,27-28H,9-13H2,(H,25,30)(H,26,29)/t19-,23+/m1/s1. The molecule has 1 saturated heterocycles. The number of nitrogens with one attached hydrogen (secondary N) is 3. The number of aliphatic hydroxyl groups is 1. The van der Waals surface area contributed by atoms with Gasteiger partial charge in [-0.25, -0.2) is 0 Å². The maximum absolute atomic E-state index is 12.5. The third-order valence-electron chi connectivity index (χ3n) is 6.12. The van der Waals surface area contributed by atoms with Crippen LogP contribution in [0.4, 0.5) is 0 Å². The molecule has 2 aliphatic rings. The lowest BCUT2D eigenvalue weighted by Crippen LogP contribution is -2.45. The summed E-state index contributed by atoms with van der Waals surface area (Å²) in [6.45, 7) is 0.175. The van der Waals surface area contributed by atoms with Crippen LogP contribution in [-0.4, -0.2) is 40.6 Å². The highest BCUT2D eigenvalue weighted by Crippen LogP contribution is 2.44. The maximum atomic E-state index is 12.5. The molecular weight excluding hydrogens is 378 g/mol. The molecule has 1 aliphatic carbocycles. The van der Waals surface area contributed by atoms with E-state index < -0.39 is 12.1 Å². The van der Waals surface area contributed by atoms with Crippen LogP contribution in [0.5, 0.6) is 0 Å². The minimum Gasteiger partial charge on any atom is -0.389 e. The van der Waals surface area contributed by atoms with Gasteiger partial charge in [-0.1, -0.05) is 48.5 Å². The number of aliphatic hydroxyl groups excluding tert-OH is 1. The third-order valence-corrected chi connectivity index (χ3v) is 6.12. The van der Waals surface area contributed by atoms with Crippen LogP contribution in [0.25, 0.3) is 22.2 Å². The van der Waals surface area contributed by atoms with Crippen molar-refractivity contribution in [3.63, 3.8) is 0 Å². The van der Waals surface area contributed by atoms with E-state index >= 15 is 0 Å². The van der Waals surface area contributed by atoms with Crippen molar-refractivity contribution in [1.82, 2.24) is 15.6 Å². The van der Waals surface area contributed by atoms with Crippen LogP contribution < -0.4 is 10.6 Å². The molecule has 2 aromatic carbocycles. The van der Waals surface area contributed by atoms with E-state index in [0.29, 0.717) is 12.3 Å². The highest BCUT2D eigenvalue weighted by Gasteiger charge is 2.34. The number of aryl methyl sites for hydroxylation is 1. The van der Waals surface area contributed by atoms with Gasteiger partial charge in [0.25, 0.3) is 0 Å². The minimum absolute atomic E-state index is 0.175. The molecular formula is C24H25N3O3. The lowest BCUT2D eigenvalue weighted by Gasteiger charge is -2.13. The molecule has 1 aromatic heterocycles. The molecule has 0 bridgehead atoms. The first-order chi connectivity index (χ1) is 14.6. The highest BCUT2D eigenvalue weighted by atomic mass is 16.3. The van der Waals surface area contributed by atoms with Crippen LogP contribution in [0.1, 0.15) is 36.3 Å². The molecule has 6 heteroatoms. The van der Waals surface area contributed by atoms with E-state index in [-0.39, 0.29) is 24.8 Å². The molecule has 6 nitrogen and oxygen atoms in total. The zero-order chi connectivity index (χ0) is 20.7. The van der Waals surface area contributed by atoms with Gasteiger partial charge >= 0.3 is 0 Å². The number of carbonyl (C=O) groups is 2. The Hall–Kier alpha value is -3.12. The number of benzene rings is 2. The molecule has 154 valence electrons. The maximum Gasteiger partial charge on any atom is 0.245 e. The number of amides is 2. The normalized spacial score (nSPS) is 21.0. The van der Waals surface area contributed by atoms with Gasteiger partial charge in [0.15, 0.2) is 0 Å². The SMILES string of the molecule is O=C(CCc1c(-c2ccccc2)[nH]c2c(C3CC3)cccc12)N[C@@H]1C(=O)NC[C@H]1O. The number of carbonyl (C=O) groups excluding carboxylic acids is 2. The molecule has 2 atom stereocenters. The Morgan fingerprint density at radius 3 is 2.60 bits per heavy atom. The lowest BCUT2D eigenvalue weighted by molar-refractivity contribution is -0.128. The number of aromatic amines is 1. The average Bonchev–Trinajstić information content (AvgIpc) is 3.48. The third kappa shape index (κ3) is 3.48. The van der Waals surface area contributed by atoms with E-state index in [1.165, 1.54) is 23.9 Å². The molecule has 0 spiro atoms. The van der Waals surface area contributed by atoms with Crippen LogP contribution in [-0.2, 0) is 16.0 Å². The number of para-hydroxylation sites is 1. The summed E-state index contributed by atoms with van der Waals surface area (Å²) in [5, 5.41) is 16.3. The smallest absolute Gasteiger partial charge is 0.245 e. The first-order valence-electron chi connectivity index (χ1n) is 10.6. The summed E-state index contributed by atoms with van der Waals surface area (Å²) in [4.78, 5) is 28.0. The van der Waals surface area contributed by atoms with Gasteiger partial charge in [0.2, 0.25) is 11.8 Å². The molecule has 2 heterocycles. The van der Waals surface area contributed by atoms with Gasteiger partial charge in [-0.05, 0) is 41.9 Å². The lowest BCUT2D eigenvalue weighted by atomic mass is 9.99. The van der Waals surface area contributed by atoms with Crippen LogP contribution in [0.2, 0.25) is 0 Å². The van der Waals surface area contributed by atoms with E-state index in [1.807, 2.05) is 18.2 Å². The summed E-state index contributed by atoms with van der Waals surface area (Å²) in [7, 11) is 0. The van der Waals surface area contributed by atoms with Gasteiger partial charge in [-0.3, -0.25) is 9.59 Å². The summed E-state index contributed by atoms with van der Waals surface area (Å²) >= 11 is 0. The van der Waals surface area contributed by atoms with Crippen LogP contribution in [0.3, 0.4) is 0 Å². The Balaban J connectivity index is 1.44. The fourth-order valence-corrected chi connectivity index (χ4v) is 4.40. The van der Waals surface area contributed by atoms with Crippen molar-refractivity contribution in [2.24, 2.45) is 0 Å². The minimum atomic E-state index is -0.879. The fraction of sp³-hybridized carbons (Fsp3) is 0.333. The molecule has 1 saturated carbocycles. The summed E-state index contributed by atoms with van der Waals surface area (Å²) in [6, 6.07) is 15.7. The van der Waals surface area contributed by atoms with Crippen molar-refractivity contribution in [2.45, 2.75) is 43.7 Å². The van der Waals surface area contributed by atoms with Gasteiger partial charge < -0.3 is 20.7 Å². The largest absolute Gasteiger partial charge is 0.389 e. The monoisotopic (exact) mass is 403 g/mol. The van der Waals surface area contributed by atoms with E-state index in [9.17, 15) is 14.7 Å². The van der Waals surface area contributed by atoms with Gasteiger partial charge in [-0.2, -0.15) is 0 Å². The van der Waals surface area contributed by atoms with Crippen molar-refractivity contribution in [2.75, 3.05) is 6.54 Å². The first kappa shape index (κ1) is 18.9. The van der Waals surface area contributed by atoms with Gasteiger partial charge in [0, 0.05) is 29.6 Å². The van der Waals surface area contributed by atoms with Gasteiger partial charge in [0.1, 0.15) is 12.1 Å². The Bertz CT molecular complexity index is 1100. The van der Waals surface area contributed by atoms with E-state index in [1.54, 1.807) is 0 Å². The number of hydrogen-bond donors (Lipinski definition) is 4. The summed E-state index contributed by atoms with van der Waals surface area (Å²) < 4.78 is 0. The summed E-state index contributed by atoms with van der Waals surface area (Å²) in [6.07, 6.45) is 2.37. The molecule has 3 aromatic rings. The Labute approximate surface area is 174 Å². The average molecular weight is 403 g/mol. The number of hydrogen-bond acceptors (Lipinski definition) is 3. The van der Waals surface area contributed by atoms with Crippen molar-refractivity contribution >= 4 is 22.7 Å². The number of aromatic nitrogens is 1. The van der Waals surface area contributed by atoms with E-state index in [4.69, 9.17) is 0 Å². The molecule has 30 heavy (non-hydrogen) atoms. The predicted molar refractivity (Wildman–Crippen MR) is 115 cm³/mol. The van der Waals surface area contributed by atoms with Gasteiger partial charge in [-0.15, -0.1) is 0 Å². The molecule has 0 radical (unpaired) electrons. The number of H-pyrrole nitrogens is 1. The molecule has 1 aliphatic heterocycles. The second-order valence-corrected chi connectivity index (χ2v) is 8.25. The number of fused-ring (bicyclic) bond motifs is 1. The molecule has 0 unspecified atom stereocenters. The van der Waals surface area contributed by atoms with Crippen LogP contribution in [0.15, 0.2) is 48.5 Å². The second kappa shape index (κ2) is 7.61. The summed E-state index contributed by atoms with van der Waals surface area (Å²) in [5.74, 6) is 0.0549. The topological polar surface area (TPSA) is 94.2 Å². The molecule has 2 fully saturated rings. The van der Waals surface area contributed by atoms with Crippen molar-refractivity contribution < 1.29 is 14.7 Å². The second-order valence-electron chi connectivity index (χ2n) is 8.25. The molecule has 5 rings (SSSR count). The Kier molecular flexibility index (Phi) is 4.79. The van der Waals surface area contributed by atoms with Crippen molar-refractivity contribution in [1.29, 1.82) is 0 Å². The van der Waals surface area contributed by atoms with Crippen LogP contribution in [0, 0.1) is 0 Å². The van der Waals surface area contributed by atoms with Crippen molar-refractivity contribution in [3.8, 4) is 11.3 Å². The molecule has 2 amide bonds. The Morgan fingerprint density at radius 1 is 1.10 bits per heavy atom. The number of rotatable bonds is 6. The van der Waals surface area contributed by atoms with Gasteiger partial charge in [0.05, 0.1) is 0 Å². The first-order valence-corrected chi connectivity index (χ1v) is 10.6. The Morgan fingerprint density at radius 2 is 1.90 bits per heavy atom. The van der Waals surface area contributed by atoms with E-state index in [2.05, 4.69) is 45.9 Å². The zero-order valence-corrected chi connectivity index (χ0v) is 16.7. The molecule has 4 N–H and O–H groups in total. The highest BCUT2D eigenvalue weighted by molar-refractivity contribution is 5.94. The quantitative estimate of drug-likeness (QED) is 0.510.